The third-order valence-corrected chi connectivity index (χ3v) is 2.96. The number of aryl methyl sites for hydroxylation is 1. The van der Waals surface area contributed by atoms with Crippen molar-refractivity contribution >= 4 is 5.91 Å². The van der Waals surface area contributed by atoms with Gasteiger partial charge in [0, 0.05) is 19.0 Å². The predicted molar refractivity (Wildman–Crippen MR) is 61.1 cm³/mol. The predicted octanol–water partition coefficient (Wildman–Crippen LogP) is 1.31. The standard InChI is InChI=1S/C12H18N2O2/c1-2-9-5-6-11(16-9)12(15)14-7-10(13)8-3-4-8/h5-6,8,10H,2-4,7,13H2,1H3,(H,14,15). The molecule has 0 bridgehead atoms. The van der Waals surface area contributed by atoms with Crippen LogP contribution in [0.15, 0.2) is 16.5 Å². The highest BCUT2D eigenvalue weighted by molar-refractivity contribution is 5.91. The molecule has 1 aromatic rings. The SMILES string of the molecule is CCc1ccc(C(=O)NCC(N)C2CC2)o1. The minimum Gasteiger partial charge on any atom is -0.456 e. The molecule has 1 aliphatic carbocycles. The lowest BCUT2D eigenvalue weighted by Gasteiger charge is -2.10. The normalized spacial score (nSPS) is 17.1. The summed E-state index contributed by atoms with van der Waals surface area (Å²) in [7, 11) is 0. The minimum absolute atomic E-state index is 0.0876. The summed E-state index contributed by atoms with van der Waals surface area (Å²) in [6, 6.07) is 3.62. The van der Waals surface area contributed by atoms with Gasteiger partial charge in [0.05, 0.1) is 0 Å². The summed E-state index contributed by atoms with van der Waals surface area (Å²) in [5.74, 6) is 1.63. The highest BCUT2D eigenvalue weighted by Gasteiger charge is 2.28. The molecule has 0 aliphatic heterocycles. The van der Waals surface area contributed by atoms with E-state index < -0.39 is 0 Å². The van der Waals surface area contributed by atoms with Gasteiger partial charge in [-0.25, -0.2) is 0 Å². The second-order valence-electron chi connectivity index (χ2n) is 4.33. The minimum atomic E-state index is -0.171. The van der Waals surface area contributed by atoms with Gasteiger partial charge in [-0.1, -0.05) is 6.92 Å². The Morgan fingerprint density at radius 1 is 1.62 bits per heavy atom. The molecule has 0 aromatic carbocycles. The van der Waals surface area contributed by atoms with Gasteiger partial charge in [0.25, 0.3) is 5.91 Å². The molecule has 16 heavy (non-hydrogen) atoms. The Morgan fingerprint density at radius 2 is 2.38 bits per heavy atom. The molecule has 88 valence electrons. The van der Waals surface area contributed by atoms with Crippen molar-refractivity contribution in [1.82, 2.24) is 5.32 Å². The molecule has 1 amide bonds. The maximum absolute atomic E-state index is 11.7. The van der Waals surface area contributed by atoms with Crippen molar-refractivity contribution in [2.24, 2.45) is 11.7 Å². The van der Waals surface area contributed by atoms with Crippen LogP contribution in [0.4, 0.5) is 0 Å². The summed E-state index contributed by atoms with van der Waals surface area (Å²) in [6.45, 7) is 2.52. The third-order valence-electron chi connectivity index (χ3n) is 2.96. The Kier molecular flexibility index (Phi) is 3.29. The fraction of sp³-hybridized carbons (Fsp3) is 0.583. The second-order valence-corrected chi connectivity index (χ2v) is 4.33. The van der Waals surface area contributed by atoms with E-state index >= 15 is 0 Å². The first-order valence-corrected chi connectivity index (χ1v) is 5.83. The van der Waals surface area contributed by atoms with E-state index in [1.54, 1.807) is 6.07 Å². The summed E-state index contributed by atoms with van der Waals surface area (Å²) >= 11 is 0. The number of rotatable bonds is 5. The molecule has 1 atom stereocenters. The molecule has 3 N–H and O–H groups in total. The molecule has 0 spiro atoms. The quantitative estimate of drug-likeness (QED) is 0.789. The largest absolute Gasteiger partial charge is 0.456 e. The van der Waals surface area contributed by atoms with Crippen LogP contribution in [0.2, 0.25) is 0 Å². The van der Waals surface area contributed by atoms with Gasteiger partial charge in [-0.3, -0.25) is 4.79 Å². The maximum atomic E-state index is 11.7. The van der Waals surface area contributed by atoms with Crippen molar-refractivity contribution < 1.29 is 9.21 Å². The van der Waals surface area contributed by atoms with Crippen LogP contribution in [0.5, 0.6) is 0 Å². The number of nitrogens with one attached hydrogen (secondary N) is 1. The van der Waals surface area contributed by atoms with Crippen LogP contribution in [-0.4, -0.2) is 18.5 Å². The van der Waals surface area contributed by atoms with Crippen molar-refractivity contribution in [2.75, 3.05) is 6.54 Å². The highest BCUT2D eigenvalue weighted by atomic mass is 16.3. The van der Waals surface area contributed by atoms with Gasteiger partial charge >= 0.3 is 0 Å². The van der Waals surface area contributed by atoms with Crippen LogP contribution < -0.4 is 11.1 Å². The summed E-state index contributed by atoms with van der Waals surface area (Å²) in [5, 5.41) is 2.80. The van der Waals surface area contributed by atoms with Gasteiger partial charge < -0.3 is 15.5 Å². The van der Waals surface area contributed by atoms with Crippen molar-refractivity contribution in [2.45, 2.75) is 32.2 Å². The molecule has 0 saturated heterocycles. The van der Waals surface area contributed by atoms with Gasteiger partial charge in [-0.2, -0.15) is 0 Å². The monoisotopic (exact) mass is 222 g/mol. The van der Waals surface area contributed by atoms with E-state index in [-0.39, 0.29) is 11.9 Å². The lowest BCUT2D eigenvalue weighted by Crippen LogP contribution is -2.38. The topological polar surface area (TPSA) is 68.3 Å². The lowest BCUT2D eigenvalue weighted by molar-refractivity contribution is 0.0921. The Morgan fingerprint density at radius 3 is 2.94 bits per heavy atom. The number of carbonyl (C=O) groups is 1. The Bertz CT molecular complexity index is 369. The Labute approximate surface area is 95.2 Å². The summed E-state index contributed by atoms with van der Waals surface area (Å²) in [4.78, 5) is 11.7. The average molecular weight is 222 g/mol. The van der Waals surface area contributed by atoms with Gasteiger partial charge in [-0.05, 0) is 30.9 Å². The van der Waals surface area contributed by atoms with Gasteiger partial charge in [0.1, 0.15) is 5.76 Å². The molecular formula is C12H18N2O2. The van der Waals surface area contributed by atoms with Gasteiger partial charge in [-0.15, -0.1) is 0 Å². The first kappa shape index (κ1) is 11.2. The van der Waals surface area contributed by atoms with E-state index in [1.165, 1.54) is 12.8 Å². The zero-order valence-electron chi connectivity index (χ0n) is 9.53. The summed E-state index contributed by atoms with van der Waals surface area (Å²) in [5.41, 5.74) is 5.89. The number of hydrogen-bond donors (Lipinski definition) is 2. The second kappa shape index (κ2) is 4.70. The lowest BCUT2D eigenvalue weighted by atomic mass is 10.2. The summed E-state index contributed by atoms with van der Waals surface area (Å²) in [6.07, 6.45) is 3.18. The average Bonchev–Trinajstić information content (AvgIpc) is 3.03. The smallest absolute Gasteiger partial charge is 0.287 e. The zero-order chi connectivity index (χ0) is 11.5. The molecule has 0 radical (unpaired) electrons. The molecular weight excluding hydrogens is 204 g/mol. The van der Waals surface area contributed by atoms with E-state index in [0.717, 1.165) is 12.2 Å². The van der Waals surface area contributed by atoms with Crippen LogP contribution in [0.25, 0.3) is 0 Å². The molecule has 2 rings (SSSR count). The molecule has 4 nitrogen and oxygen atoms in total. The van der Waals surface area contributed by atoms with Crippen LogP contribution in [0, 0.1) is 5.92 Å². The van der Waals surface area contributed by atoms with Crippen LogP contribution in [0.3, 0.4) is 0 Å². The maximum Gasteiger partial charge on any atom is 0.287 e. The molecule has 1 fully saturated rings. The fourth-order valence-electron chi connectivity index (χ4n) is 1.68. The number of nitrogens with two attached hydrogens (primary N) is 1. The van der Waals surface area contributed by atoms with Gasteiger partial charge in [0.15, 0.2) is 5.76 Å². The van der Waals surface area contributed by atoms with Crippen molar-refractivity contribution in [1.29, 1.82) is 0 Å². The van der Waals surface area contributed by atoms with Crippen LogP contribution in [0.1, 0.15) is 36.1 Å². The molecule has 1 heterocycles. The van der Waals surface area contributed by atoms with Crippen molar-refractivity contribution in [3.05, 3.63) is 23.7 Å². The number of carbonyl (C=O) groups excluding carboxylic acids is 1. The first-order valence-electron chi connectivity index (χ1n) is 5.83. The summed E-state index contributed by atoms with van der Waals surface area (Å²) < 4.78 is 5.35. The van der Waals surface area contributed by atoms with E-state index in [4.69, 9.17) is 10.2 Å². The molecule has 1 aliphatic rings. The molecule has 1 aromatic heterocycles. The fourth-order valence-corrected chi connectivity index (χ4v) is 1.68. The first-order chi connectivity index (χ1) is 7.70. The molecule has 1 saturated carbocycles. The highest BCUT2D eigenvalue weighted by Crippen LogP contribution is 2.31. The number of amides is 1. The van der Waals surface area contributed by atoms with Crippen molar-refractivity contribution in [3.8, 4) is 0 Å². The van der Waals surface area contributed by atoms with Gasteiger partial charge in [0.2, 0.25) is 0 Å². The van der Waals surface area contributed by atoms with Crippen molar-refractivity contribution in [3.63, 3.8) is 0 Å². The van der Waals surface area contributed by atoms with E-state index in [9.17, 15) is 4.79 Å². The molecule has 1 unspecified atom stereocenters. The Balaban J connectivity index is 1.82. The van der Waals surface area contributed by atoms with Crippen LogP contribution in [-0.2, 0) is 6.42 Å². The zero-order valence-corrected chi connectivity index (χ0v) is 9.53. The van der Waals surface area contributed by atoms with E-state index in [0.29, 0.717) is 18.2 Å². The Hall–Kier alpha value is -1.29. The van der Waals surface area contributed by atoms with Crippen LogP contribution >= 0.6 is 0 Å². The number of hydrogen-bond acceptors (Lipinski definition) is 3. The van der Waals surface area contributed by atoms with E-state index in [2.05, 4.69) is 5.32 Å². The molecule has 4 heteroatoms. The third kappa shape index (κ3) is 2.64. The number of furan rings is 1. The van der Waals surface area contributed by atoms with E-state index in [1.807, 2.05) is 13.0 Å².